The number of unbranched alkanes of at least 4 members (excludes halogenated alkanes) is 1. The summed E-state index contributed by atoms with van der Waals surface area (Å²) in [5.41, 5.74) is 0.219. The molecule has 26 heavy (non-hydrogen) atoms. The van der Waals surface area contributed by atoms with Crippen molar-refractivity contribution in [3.63, 3.8) is 0 Å². The highest BCUT2D eigenvalue weighted by atomic mass is 32.2. The highest BCUT2D eigenvalue weighted by Gasteiger charge is 2.49. The molecule has 2 atom stereocenters. The lowest BCUT2D eigenvalue weighted by molar-refractivity contribution is -0.136. The Morgan fingerprint density at radius 1 is 1.15 bits per heavy atom. The Morgan fingerprint density at radius 2 is 1.77 bits per heavy atom. The van der Waals surface area contributed by atoms with E-state index in [2.05, 4.69) is 4.98 Å². The Hall–Kier alpha value is -1.90. The summed E-state index contributed by atoms with van der Waals surface area (Å²) < 4.78 is 29.8. The van der Waals surface area contributed by atoms with Crippen LogP contribution < -0.4 is 0 Å². The summed E-state index contributed by atoms with van der Waals surface area (Å²) in [7, 11) is -3.30. The molecule has 8 nitrogen and oxygen atoms in total. The average molecular weight is 383 g/mol. The summed E-state index contributed by atoms with van der Waals surface area (Å²) >= 11 is 0. The van der Waals surface area contributed by atoms with Crippen molar-refractivity contribution in [3.8, 4) is 0 Å². The van der Waals surface area contributed by atoms with Crippen LogP contribution in [0.3, 0.4) is 0 Å². The van der Waals surface area contributed by atoms with E-state index in [4.69, 9.17) is 4.42 Å². The standard InChI is InChI=1S/C17H25N3O5S/c1-4-5-6-15(21)19-7-8-20(14-10-26(23,24)9-13(14)19)17(22)16-11(2)25-12(3)18-16/h13-14H,4-10H2,1-3H3/t13-,14+/m0/s1. The summed E-state index contributed by atoms with van der Waals surface area (Å²) in [6.07, 6.45) is 2.09. The van der Waals surface area contributed by atoms with Gasteiger partial charge in [0, 0.05) is 26.4 Å². The minimum atomic E-state index is -3.30. The van der Waals surface area contributed by atoms with Gasteiger partial charge in [-0.15, -0.1) is 0 Å². The smallest absolute Gasteiger partial charge is 0.276 e. The third-order valence-corrected chi connectivity index (χ3v) is 6.81. The summed E-state index contributed by atoms with van der Waals surface area (Å²) in [4.78, 5) is 32.8. The Morgan fingerprint density at radius 3 is 2.35 bits per heavy atom. The first kappa shape index (κ1) is 18.9. The molecule has 2 amide bonds. The first-order valence-corrected chi connectivity index (χ1v) is 10.8. The molecule has 3 rings (SSSR count). The van der Waals surface area contributed by atoms with Crippen LogP contribution in [0.25, 0.3) is 0 Å². The molecule has 9 heteroatoms. The molecule has 0 bridgehead atoms. The van der Waals surface area contributed by atoms with Gasteiger partial charge in [-0.1, -0.05) is 13.3 Å². The van der Waals surface area contributed by atoms with Crippen LogP contribution in [0.5, 0.6) is 0 Å². The van der Waals surface area contributed by atoms with Gasteiger partial charge in [0.05, 0.1) is 23.6 Å². The third kappa shape index (κ3) is 3.49. The van der Waals surface area contributed by atoms with Gasteiger partial charge in [-0.25, -0.2) is 13.4 Å². The summed E-state index contributed by atoms with van der Waals surface area (Å²) in [6.45, 7) is 5.99. The Kier molecular flexibility index (Phi) is 5.09. The molecule has 0 unspecified atom stereocenters. The number of oxazole rings is 1. The largest absolute Gasteiger partial charge is 0.445 e. The Labute approximate surface area is 153 Å². The molecule has 0 saturated carbocycles. The van der Waals surface area contributed by atoms with Crippen LogP contribution in [0.2, 0.25) is 0 Å². The van der Waals surface area contributed by atoms with Crippen LogP contribution in [-0.2, 0) is 14.6 Å². The van der Waals surface area contributed by atoms with Gasteiger partial charge in [0.25, 0.3) is 5.91 Å². The monoisotopic (exact) mass is 383 g/mol. The number of hydrogen-bond acceptors (Lipinski definition) is 6. The molecule has 2 fully saturated rings. The second-order valence-electron chi connectivity index (χ2n) is 7.04. The first-order chi connectivity index (χ1) is 12.2. The van der Waals surface area contributed by atoms with Gasteiger partial charge in [-0.2, -0.15) is 0 Å². The number of rotatable bonds is 4. The van der Waals surface area contributed by atoms with Crippen LogP contribution in [0.15, 0.2) is 4.42 Å². The first-order valence-electron chi connectivity index (χ1n) is 8.98. The van der Waals surface area contributed by atoms with E-state index in [-0.39, 0.29) is 29.0 Å². The SMILES string of the molecule is CCCCC(=O)N1CCN(C(=O)c2nc(C)oc2C)[C@@H]2CS(=O)(=O)C[C@@H]21. The van der Waals surface area contributed by atoms with E-state index >= 15 is 0 Å². The number of amides is 2. The Bertz CT molecular complexity index is 816. The fraction of sp³-hybridized carbons (Fsp3) is 0.706. The molecular weight excluding hydrogens is 358 g/mol. The van der Waals surface area contributed by atoms with Crippen molar-refractivity contribution in [3.05, 3.63) is 17.3 Å². The van der Waals surface area contributed by atoms with Crippen molar-refractivity contribution in [1.82, 2.24) is 14.8 Å². The zero-order valence-corrected chi connectivity index (χ0v) is 16.2. The number of carbonyl (C=O) groups excluding carboxylic acids is 2. The number of carbonyl (C=O) groups is 2. The maximum Gasteiger partial charge on any atom is 0.276 e. The summed E-state index contributed by atoms with van der Waals surface area (Å²) in [5, 5.41) is 0. The number of aromatic nitrogens is 1. The van der Waals surface area contributed by atoms with Crippen molar-refractivity contribution in [2.24, 2.45) is 0 Å². The van der Waals surface area contributed by atoms with Crippen LogP contribution in [0.4, 0.5) is 0 Å². The van der Waals surface area contributed by atoms with Gasteiger partial charge in [0.2, 0.25) is 5.91 Å². The fourth-order valence-electron chi connectivity index (χ4n) is 3.85. The molecule has 2 saturated heterocycles. The number of aryl methyl sites for hydroxylation is 2. The highest BCUT2D eigenvalue weighted by Crippen LogP contribution is 2.29. The normalized spacial score (nSPS) is 24.6. The number of piperazine rings is 1. The number of fused-ring (bicyclic) bond motifs is 1. The van der Waals surface area contributed by atoms with Gasteiger partial charge in [-0.3, -0.25) is 9.59 Å². The minimum absolute atomic E-state index is 0.0282. The average Bonchev–Trinajstić information content (AvgIpc) is 3.08. The van der Waals surface area contributed by atoms with Crippen molar-refractivity contribution in [2.45, 2.75) is 52.1 Å². The fourth-order valence-corrected chi connectivity index (χ4v) is 5.83. The van der Waals surface area contributed by atoms with E-state index < -0.39 is 21.9 Å². The summed E-state index contributed by atoms with van der Waals surface area (Å²) in [5.74, 6) is 0.264. The van der Waals surface area contributed by atoms with Crippen molar-refractivity contribution in [2.75, 3.05) is 24.6 Å². The predicted molar refractivity (Wildman–Crippen MR) is 94.5 cm³/mol. The van der Waals surface area contributed by atoms with E-state index in [1.165, 1.54) is 0 Å². The molecule has 2 aliphatic heterocycles. The maximum absolute atomic E-state index is 12.9. The molecule has 0 spiro atoms. The van der Waals surface area contributed by atoms with Gasteiger partial charge in [0.15, 0.2) is 21.4 Å². The molecule has 0 N–H and O–H groups in total. The maximum atomic E-state index is 12.9. The van der Waals surface area contributed by atoms with Gasteiger partial charge in [-0.05, 0) is 13.3 Å². The van der Waals surface area contributed by atoms with Crippen LogP contribution in [0, 0.1) is 13.8 Å². The third-order valence-electron chi connectivity index (χ3n) is 5.11. The van der Waals surface area contributed by atoms with Crippen molar-refractivity contribution in [1.29, 1.82) is 0 Å². The van der Waals surface area contributed by atoms with Crippen LogP contribution in [0.1, 0.15) is 48.3 Å². The lowest BCUT2D eigenvalue weighted by Crippen LogP contribution is -2.62. The zero-order valence-electron chi connectivity index (χ0n) is 15.4. The van der Waals surface area contributed by atoms with Crippen LogP contribution in [-0.4, -0.2) is 71.7 Å². The van der Waals surface area contributed by atoms with E-state index in [9.17, 15) is 18.0 Å². The van der Waals surface area contributed by atoms with Gasteiger partial charge < -0.3 is 14.2 Å². The number of nitrogens with zero attached hydrogens (tertiary/aromatic N) is 3. The zero-order chi connectivity index (χ0) is 19.1. The van der Waals surface area contributed by atoms with E-state index in [0.717, 1.165) is 12.8 Å². The molecule has 0 aromatic carbocycles. The highest BCUT2D eigenvalue weighted by molar-refractivity contribution is 7.91. The lowest BCUT2D eigenvalue weighted by Gasteiger charge is -2.43. The van der Waals surface area contributed by atoms with E-state index in [0.29, 0.717) is 31.2 Å². The van der Waals surface area contributed by atoms with Crippen LogP contribution >= 0.6 is 0 Å². The van der Waals surface area contributed by atoms with E-state index in [1.807, 2.05) is 6.92 Å². The quantitative estimate of drug-likeness (QED) is 0.767. The molecule has 3 heterocycles. The molecule has 1 aromatic heterocycles. The molecule has 1 aromatic rings. The van der Waals surface area contributed by atoms with Gasteiger partial charge >= 0.3 is 0 Å². The molecular formula is C17H25N3O5S. The number of sulfone groups is 1. The lowest BCUT2D eigenvalue weighted by atomic mass is 10.0. The molecule has 0 radical (unpaired) electrons. The summed E-state index contributed by atoms with van der Waals surface area (Å²) in [6, 6.07) is -1.00. The predicted octanol–water partition coefficient (Wildman–Crippen LogP) is 0.932. The molecule has 0 aliphatic carbocycles. The van der Waals surface area contributed by atoms with Gasteiger partial charge in [0.1, 0.15) is 5.76 Å². The minimum Gasteiger partial charge on any atom is -0.445 e. The Balaban J connectivity index is 1.86. The van der Waals surface area contributed by atoms with Crippen molar-refractivity contribution < 1.29 is 22.4 Å². The molecule has 2 aliphatic rings. The second kappa shape index (κ2) is 7.02. The van der Waals surface area contributed by atoms with E-state index in [1.54, 1.807) is 23.6 Å². The number of hydrogen-bond donors (Lipinski definition) is 0. The van der Waals surface area contributed by atoms with Crippen molar-refractivity contribution >= 4 is 21.7 Å². The topological polar surface area (TPSA) is 101 Å². The molecule has 144 valence electrons. The second-order valence-corrected chi connectivity index (χ2v) is 9.19.